The van der Waals surface area contributed by atoms with Crippen molar-refractivity contribution in [2.45, 2.75) is 33.6 Å². The van der Waals surface area contributed by atoms with Crippen LogP contribution < -0.4 is 4.90 Å². The summed E-state index contributed by atoms with van der Waals surface area (Å²) in [7, 11) is 3.75. The Balaban J connectivity index is 3.58. The molecule has 28 heavy (non-hydrogen) atoms. The summed E-state index contributed by atoms with van der Waals surface area (Å²) in [5, 5.41) is 0. The molecule has 1 aromatic rings. The molecule has 0 saturated carbocycles. The molecule has 0 aliphatic rings. The normalized spacial score (nSPS) is 12.8. The molecule has 2 atom stereocenters. The lowest BCUT2D eigenvalue weighted by Crippen LogP contribution is -2.40. The van der Waals surface area contributed by atoms with E-state index in [9.17, 15) is 19.2 Å². The van der Waals surface area contributed by atoms with E-state index in [1.807, 2.05) is 19.0 Å². The van der Waals surface area contributed by atoms with Crippen molar-refractivity contribution in [1.29, 1.82) is 0 Å². The maximum Gasteiger partial charge on any atom is 0.317 e. The van der Waals surface area contributed by atoms with Gasteiger partial charge in [0.25, 0.3) is 0 Å². The molecule has 0 aliphatic carbocycles. The molecule has 1 rings (SSSR count). The summed E-state index contributed by atoms with van der Waals surface area (Å²) in [5.74, 6) is -6.05. The zero-order valence-electron chi connectivity index (χ0n) is 17.4. The van der Waals surface area contributed by atoms with E-state index in [1.54, 1.807) is 38.1 Å². The Morgan fingerprint density at radius 3 is 1.50 bits per heavy atom. The van der Waals surface area contributed by atoms with Crippen LogP contribution >= 0.6 is 0 Å². The topological polar surface area (TPSA) is 90.0 Å². The minimum atomic E-state index is -1.29. The minimum absolute atomic E-state index is 0.0824. The zero-order valence-corrected chi connectivity index (χ0v) is 17.4. The highest BCUT2D eigenvalue weighted by Gasteiger charge is 2.45. The summed E-state index contributed by atoms with van der Waals surface area (Å²) in [6.45, 7) is 5.93. The van der Waals surface area contributed by atoms with Gasteiger partial charge in [-0.05, 0) is 45.4 Å². The molecule has 0 bridgehead atoms. The SMILES string of the molecule is CCOC(=O)[C@H](C(C)=O)C(c1ccc(N(C)C)cc1)[C@@H](C(C)=O)C(=O)OCC. The van der Waals surface area contributed by atoms with Gasteiger partial charge in [-0.1, -0.05) is 12.1 Å². The number of hydrogen-bond donors (Lipinski definition) is 0. The Morgan fingerprint density at radius 1 is 0.821 bits per heavy atom. The van der Waals surface area contributed by atoms with Crippen LogP contribution in [0.5, 0.6) is 0 Å². The minimum Gasteiger partial charge on any atom is -0.465 e. The predicted molar refractivity (Wildman–Crippen MR) is 105 cm³/mol. The lowest BCUT2D eigenvalue weighted by Gasteiger charge is -2.29. The Morgan fingerprint density at radius 2 is 1.21 bits per heavy atom. The van der Waals surface area contributed by atoms with Crippen LogP contribution in [-0.2, 0) is 28.7 Å². The molecule has 154 valence electrons. The first-order valence-electron chi connectivity index (χ1n) is 9.27. The molecule has 0 spiro atoms. The second-order valence-corrected chi connectivity index (χ2v) is 6.69. The number of esters is 2. The van der Waals surface area contributed by atoms with Gasteiger partial charge in [0.15, 0.2) is 0 Å². The summed E-state index contributed by atoms with van der Waals surface area (Å²) in [6, 6.07) is 7.02. The fourth-order valence-corrected chi connectivity index (χ4v) is 3.17. The molecule has 0 fully saturated rings. The molecule has 0 radical (unpaired) electrons. The first kappa shape index (κ1) is 23.3. The summed E-state index contributed by atoms with van der Waals surface area (Å²) in [6.07, 6.45) is 0. The quantitative estimate of drug-likeness (QED) is 0.447. The van der Waals surface area contributed by atoms with E-state index in [-0.39, 0.29) is 13.2 Å². The third kappa shape index (κ3) is 5.65. The molecule has 0 saturated heterocycles. The Hall–Kier alpha value is -2.70. The largest absolute Gasteiger partial charge is 0.465 e. The van der Waals surface area contributed by atoms with Crippen LogP contribution in [0, 0.1) is 11.8 Å². The van der Waals surface area contributed by atoms with Gasteiger partial charge >= 0.3 is 11.9 Å². The average molecular weight is 391 g/mol. The van der Waals surface area contributed by atoms with Crippen LogP contribution in [0.3, 0.4) is 0 Å². The van der Waals surface area contributed by atoms with Crippen molar-refractivity contribution in [3.05, 3.63) is 29.8 Å². The molecule has 0 unspecified atom stereocenters. The smallest absolute Gasteiger partial charge is 0.317 e. The molecule has 0 N–H and O–H groups in total. The van der Waals surface area contributed by atoms with Gasteiger partial charge in [-0.15, -0.1) is 0 Å². The number of carbonyl (C=O) groups excluding carboxylic acids is 4. The van der Waals surface area contributed by atoms with Gasteiger partial charge in [-0.25, -0.2) is 0 Å². The van der Waals surface area contributed by atoms with E-state index >= 15 is 0 Å². The van der Waals surface area contributed by atoms with Crippen LogP contribution in [0.15, 0.2) is 24.3 Å². The van der Waals surface area contributed by atoms with E-state index in [4.69, 9.17) is 9.47 Å². The molecular formula is C21H29NO6. The molecule has 7 nitrogen and oxygen atoms in total. The number of benzene rings is 1. The summed E-state index contributed by atoms with van der Waals surface area (Å²) in [4.78, 5) is 51.8. The van der Waals surface area contributed by atoms with E-state index in [0.29, 0.717) is 5.56 Å². The number of carbonyl (C=O) groups is 4. The van der Waals surface area contributed by atoms with E-state index < -0.39 is 41.3 Å². The predicted octanol–water partition coefficient (Wildman–Crippen LogP) is 2.37. The number of hydrogen-bond acceptors (Lipinski definition) is 7. The third-order valence-corrected chi connectivity index (χ3v) is 4.47. The number of ketones is 2. The van der Waals surface area contributed by atoms with Crippen molar-refractivity contribution >= 4 is 29.2 Å². The van der Waals surface area contributed by atoms with Crippen molar-refractivity contribution < 1.29 is 28.7 Å². The fourth-order valence-electron chi connectivity index (χ4n) is 3.17. The number of Topliss-reactive ketones (excluding diaryl/α,β-unsaturated/α-hetero) is 2. The number of ether oxygens (including phenoxy) is 2. The number of nitrogens with zero attached hydrogens (tertiary/aromatic N) is 1. The standard InChI is InChI=1S/C21H29NO6/c1-7-27-20(25)17(13(3)23)19(18(14(4)24)21(26)28-8-2)15-9-11-16(12-10-15)22(5)6/h9-12,17-19H,7-8H2,1-6H3/t17-,18-/m1/s1. The van der Waals surface area contributed by atoms with Crippen LogP contribution in [0.4, 0.5) is 5.69 Å². The van der Waals surface area contributed by atoms with Crippen molar-refractivity contribution in [2.24, 2.45) is 11.8 Å². The van der Waals surface area contributed by atoms with Crippen molar-refractivity contribution in [3.63, 3.8) is 0 Å². The highest BCUT2D eigenvalue weighted by atomic mass is 16.5. The van der Waals surface area contributed by atoms with Crippen molar-refractivity contribution in [2.75, 3.05) is 32.2 Å². The average Bonchev–Trinajstić information content (AvgIpc) is 2.61. The van der Waals surface area contributed by atoms with Crippen LogP contribution in [-0.4, -0.2) is 50.8 Å². The Labute approximate surface area is 166 Å². The third-order valence-electron chi connectivity index (χ3n) is 4.47. The van der Waals surface area contributed by atoms with E-state index in [2.05, 4.69) is 0 Å². The first-order chi connectivity index (χ1) is 13.1. The maximum absolute atomic E-state index is 12.6. The van der Waals surface area contributed by atoms with Crippen molar-refractivity contribution in [3.8, 4) is 0 Å². The van der Waals surface area contributed by atoms with Gasteiger partial charge in [0, 0.05) is 25.7 Å². The van der Waals surface area contributed by atoms with Gasteiger partial charge < -0.3 is 14.4 Å². The van der Waals surface area contributed by atoms with E-state index in [0.717, 1.165) is 5.69 Å². The van der Waals surface area contributed by atoms with Gasteiger partial charge in [-0.3, -0.25) is 19.2 Å². The molecule has 0 aliphatic heterocycles. The van der Waals surface area contributed by atoms with Crippen LogP contribution in [0.1, 0.15) is 39.2 Å². The fraction of sp³-hybridized carbons (Fsp3) is 0.524. The summed E-state index contributed by atoms with van der Waals surface area (Å²) in [5.41, 5.74) is 1.42. The molecular weight excluding hydrogens is 362 g/mol. The Bertz CT molecular complexity index is 674. The van der Waals surface area contributed by atoms with Gasteiger partial charge in [0.2, 0.25) is 0 Å². The van der Waals surface area contributed by atoms with Gasteiger partial charge in [-0.2, -0.15) is 0 Å². The van der Waals surface area contributed by atoms with Crippen molar-refractivity contribution in [1.82, 2.24) is 0 Å². The van der Waals surface area contributed by atoms with Gasteiger partial charge in [0.05, 0.1) is 13.2 Å². The zero-order chi connectivity index (χ0) is 21.4. The highest BCUT2D eigenvalue weighted by Crippen LogP contribution is 2.36. The molecule has 1 aromatic carbocycles. The molecule has 0 heterocycles. The lowest BCUT2D eigenvalue weighted by atomic mass is 9.73. The second-order valence-electron chi connectivity index (χ2n) is 6.69. The summed E-state index contributed by atoms with van der Waals surface area (Å²) < 4.78 is 10.1. The number of anilines is 1. The molecule has 0 amide bonds. The van der Waals surface area contributed by atoms with Crippen LogP contribution in [0.25, 0.3) is 0 Å². The maximum atomic E-state index is 12.6. The Kier molecular flexibility index (Phi) is 8.82. The van der Waals surface area contributed by atoms with Gasteiger partial charge in [0.1, 0.15) is 23.4 Å². The second kappa shape index (κ2) is 10.6. The first-order valence-corrected chi connectivity index (χ1v) is 9.27. The van der Waals surface area contributed by atoms with Crippen LogP contribution in [0.2, 0.25) is 0 Å². The molecule has 0 aromatic heterocycles. The lowest BCUT2D eigenvalue weighted by molar-refractivity contribution is -0.157. The highest BCUT2D eigenvalue weighted by molar-refractivity contribution is 6.04. The molecule has 7 heteroatoms. The summed E-state index contributed by atoms with van der Waals surface area (Å²) >= 11 is 0. The number of rotatable bonds is 10. The van der Waals surface area contributed by atoms with E-state index in [1.165, 1.54) is 13.8 Å². The monoisotopic (exact) mass is 391 g/mol.